The first-order valence-corrected chi connectivity index (χ1v) is 9.96. The van der Waals surface area contributed by atoms with Crippen molar-refractivity contribution in [3.63, 3.8) is 0 Å². The Kier molecular flexibility index (Phi) is 3.35. The minimum Gasteiger partial charge on any atom is -0.455 e. The number of hydrogen-bond acceptors (Lipinski definition) is 2. The zero-order valence-electron chi connectivity index (χ0n) is 14.8. The zero-order valence-corrected chi connectivity index (χ0v) is 16.4. The summed E-state index contributed by atoms with van der Waals surface area (Å²) in [5.74, 6) is 0. The summed E-state index contributed by atoms with van der Waals surface area (Å²) in [5.41, 5.74) is 5.18. The van der Waals surface area contributed by atoms with E-state index in [2.05, 4.69) is 81.6 Å². The first-order chi connectivity index (χ1) is 13.8. The van der Waals surface area contributed by atoms with E-state index in [9.17, 15) is 0 Å². The highest BCUT2D eigenvalue weighted by molar-refractivity contribution is 9.10. The topological polar surface area (TPSA) is 26.0 Å². The van der Waals surface area contributed by atoms with Crippen LogP contribution >= 0.6 is 15.9 Å². The molecule has 0 aliphatic carbocycles. The van der Waals surface area contributed by atoms with Gasteiger partial charge in [0.25, 0.3) is 0 Å². The van der Waals surface area contributed by atoms with Gasteiger partial charge in [-0.1, -0.05) is 54.6 Å². The van der Waals surface area contributed by atoms with Gasteiger partial charge in [0.05, 0.1) is 9.99 Å². The minimum atomic E-state index is 0.889. The molecule has 2 heterocycles. The van der Waals surface area contributed by atoms with Crippen LogP contribution in [0.1, 0.15) is 0 Å². The number of pyridine rings is 1. The van der Waals surface area contributed by atoms with E-state index < -0.39 is 0 Å². The van der Waals surface area contributed by atoms with Crippen LogP contribution in [0.15, 0.2) is 93.9 Å². The summed E-state index contributed by atoms with van der Waals surface area (Å²) in [6.07, 6.45) is 1.86. The fourth-order valence-electron chi connectivity index (χ4n) is 4.09. The van der Waals surface area contributed by atoms with Gasteiger partial charge >= 0.3 is 0 Å². The van der Waals surface area contributed by atoms with E-state index in [0.29, 0.717) is 0 Å². The lowest BCUT2D eigenvalue weighted by Crippen LogP contribution is -1.86. The molecule has 132 valence electrons. The van der Waals surface area contributed by atoms with Crippen molar-refractivity contribution in [2.75, 3.05) is 0 Å². The fraction of sp³-hybridized carbons (Fsp3) is 0. The maximum atomic E-state index is 6.07. The summed E-state index contributed by atoms with van der Waals surface area (Å²) in [5, 5.41) is 5.78. The first kappa shape index (κ1) is 15.8. The molecule has 0 bridgehead atoms. The predicted octanol–water partition coefficient (Wildman–Crippen LogP) is 7.72. The second kappa shape index (κ2) is 5.91. The van der Waals surface area contributed by atoms with Gasteiger partial charge in [0.2, 0.25) is 0 Å². The second-order valence-corrected chi connectivity index (χ2v) is 7.83. The maximum absolute atomic E-state index is 6.07. The predicted molar refractivity (Wildman–Crippen MR) is 120 cm³/mol. The van der Waals surface area contributed by atoms with E-state index in [1.165, 1.54) is 21.9 Å². The summed E-state index contributed by atoms with van der Waals surface area (Å²) in [7, 11) is 0. The molecule has 0 saturated carbocycles. The van der Waals surface area contributed by atoms with Crippen LogP contribution in [0.3, 0.4) is 0 Å². The van der Waals surface area contributed by atoms with Gasteiger partial charge in [-0.15, -0.1) is 0 Å². The number of benzene rings is 4. The Balaban J connectivity index is 1.71. The summed E-state index contributed by atoms with van der Waals surface area (Å²) >= 11 is 3.60. The minimum absolute atomic E-state index is 0.889. The van der Waals surface area contributed by atoms with Gasteiger partial charge in [-0.3, -0.25) is 4.98 Å². The van der Waals surface area contributed by atoms with Crippen molar-refractivity contribution in [2.24, 2.45) is 0 Å². The van der Waals surface area contributed by atoms with Crippen LogP contribution in [0.4, 0.5) is 0 Å². The normalized spacial score (nSPS) is 11.8. The quantitative estimate of drug-likeness (QED) is 0.253. The lowest BCUT2D eigenvalue weighted by Gasteiger charge is -2.10. The van der Waals surface area contributed by atoms with E-state index in [-0.39, 0.29) is 0 Å². The molecule has 0 N–H and O–H groups in total. The third-order valence-electron chi connectivity index (χ3n) is 5.37. The van der Waals surface area contributed by atoms with Crippen molar-refractivity contribution in [1.82, 2.24) is 4.98 Å². The van der Waals surface area contributed by atoms with Gasteiger partial charge in [-0.25, -0.2) is 0 Å². The molecule has 6 aromatic rings. The summed E-state index contributed by atoms with van der Waals surface area (Å²) in [4.78, 5) is 4.68. The third kappa shape index (κ3) is 2.23. The molecule has 4 aromatic carbocycles. The highest BCUT2D eigenvalue weighted by atomic mass is 79.9. The molecule has 2 nitrogen and oxygen atoms in total. The highest BCUT2D eigenvalue weighted by Crippen LogP contribution is 2.38. The van der Waals surface area contributed by atoms with Crippen LogP contribution in [0.5, 0.6) is 0 Å². The number of hydrogen-bond donors (Lipinski definition) is 0. The molecule has 0 radical (unpaired) electrons. The molecule has 3 heteroatoms. The SMILES string of the molecule is Brc1cccc2c1oc1ccc(-c3cccc4ccc5cccnc5c34)cc12. The number of nitrogens with zero attached hydrogens (tertiary/aromatic N) is 1. The number of rotatable bonds is 1. The largest absolute Gasteiger partial charge is 0.455 e. The second-order valence-electron chi connectivity index (χ2n) is 6.97. The van der Waals surface area contributed by atoms with Gasteiger partial charge in [-0.05, 0) is 56.7 Å². The molecular weight excluding hydrogens is 410 g/mol. The van der Waals surface area contributed by atoms with Crippen molar-refractivity contribution in [1.29, 1.82) is 0 Å². The summed E-state index contributed by atoms with van der Waals surface area (Å²) < 4.78 is 7.05. The van der Waals surface area contributed by atoms with Crippen LogP contribution in [-0.2, 0) is 0 Å². The number of halogens is 1. The van der Waals surface area contributed by atoms with E-state index in [1.807, 2.05) is 24.4 Å². The highest BCUT2D eigenvalue weighted by Gasteiger charge is 2.13. The van der Waals surface area contributed by atoms with Gasteiger partial charge in [-0.2, -0.15) is 0 Å². The Morgan fingerprint density at radius 3 is 2.57 bits per heavy atom. The molecule has 0 amide bonds. The lowest BCUT2D eigenvalue weighted by molar-refractivity contribution is 0.667. The number of fused-ring (bicyclic) bond motifs is 6. The maximum Gasteiger partial charge on any atom is 0.149 e. The molecule has 0 aliphatic heterocycles. The van der Waals surface area contributed by atoms with Gasteiger partial charge < -0.3 is 4.42 Å². The molecule has 0 saturated heterocycles. The number of furan rings is 1. The average Bonchev–Trinajstić information content (AvgIpc) is 3.12. The molecule has 0 spiro atoms. The van der Waals surface area contributed by atoms with E-state index in [0.717, 1.165) is 37.3 Å². The summed E-state index contributed by atoms with van der Waals surface area (Å²) in [6, 6.07) is 27.4. The van der Waals surface area contributed by atoms with E-state index in [4.69, 9.17) is 4.42 Å². The van der Waals surface area contributed by atoms with Crippen molar-refractivity contribution < 1.29 is 4.42 Å². The Bertz CT molecular complexity index is 1530. The Morgan fingerprint density at radius 1 is 0.750 bits per heavy atom. The first-order valence-electron chi connectivity index (χ1n) is 9.17. The molecule has 0 aliphatic rings. The molecule has 28 heavy (non-hydrogen) atoms. The molecule has 0 unspecified atom stereocenters. The third-order valence-corrected chi connectivity index (χ3v) is 6.00. The van der Waals surface area contributed by atoms with Crippen LogP contribution in [0.2, 0.25) is 0 Å². The van der Waals surface area contributed by atoms with Crippen molar-refractivity contribution in [3.05, 3.63) is 89.5 Å². The van der Waals surface area contributed by atoms with Crippen LogP contribution in [0, 0.1) is 0 Å². The van der Waals surface area contributed by atoms with E-state index in [1.54, 1.807) is 0 Å². The molecular formula is C25H14BrNO. The Morgan fingerprint density at radius 2 is 1.61 bits per heavy atom. The molecule has 0 fully saturated rings. The summed E-state index contributed by atoms with van der Waals surface area (Å²) in [6.45, 7) is 0. The van der Waals surface area contributed by atoms with Gasteiger partial charge in [0.1, 0.15) is 11.2 Å². The monoisotopic (exact) mass is 423 g/mol. The van der Waals surface area contributed by atoms with Crippen LogP contribution < -0.4 is 0 Å². The van der Waals surface area contributed by atoms with Gasteiger partial charge in [0.15, 0.2) is 0 Å². The molecule has 0 atom stereocenters. The number of para-hydroxylation sites is 1. The van der Waals surface area contributed by atoms with Crippen LogP contribution in [-0.4, -0.2) is 4.98 Å². The van der Waals surface area contributed by atoms with Crippen LogP contribution in [0.25, 0.3) is 54.7 Å². The smallest absolute Gasteiger partial charge is 0.149 e. The van der Waals surface area contributed by atoms with Crippen molar-refractivity contribution in [2.45, 2.75) is 0 Å². The Labute approximate surface area is 169 Å². The van der Waals surface area contributed by atoms with Crippen molar-refractivity contribution in [3.8, 4) is 11.1 Å². The average molecular weight is 424 g/mol. The molecule has 2 aromatic heterocycles. The van der Waals surface area contributed by atoms with E-state index >= 15 is 0 Å². The van der Waals surface area contributed by atoms with Gasteiger partial charge in [0, 0.05) is 27.7 Å². The number of aromatic nitrogens is 1. The standard InChI is InChI=1S/C25H14BrNO/c26-21-8-2-7-19-20-14-17(11-12-22(20)28-25(19)21)18-6-1-4-15-9-10-16-5-3-13-27-24(16)23(15)18/h1-14H. The van der Waals surface area contributed by atoms with Crippen molar-refractivity contribution >= 4 is 59.5 Å². The Hall–Kier alpha value is -3.17. The fourth-order valence-corrected chi connectivity index (χ4v) is 4.53. The lowest BCUT2D eigenvalue weighted by atomic mass is 9.95. The molecule has 6 rings (SSSR count). The zero-order chi connectivity index (χ0) is 18.7.